The van der Waals surface area contributed by atoms with Gasteiger partial charge in [0.2, 0.25) is 0 Å². The predicted molar refractivity (Wildman–Crippen MR) is 85.3 cm³/mol. The molecule has 0 fully saturated rings. The van der Waals surface area contributed by atoms with Crippen molar-refractivity contribution in [2.24, 2.45) is 0 Å². The third-order valence-corrected chi connectivity index (χ3v) is 4.34. The van der Waals surface area contributed by atoms with Crippen LogP contribution in [-0.4, -0.2) is 19.6 Å². The highest BCUT2D eigenvalue weighted by atomic mass is 127. The van der Waals surface area contributed by atoms with Crippen LogP contribution < -0.4 is 5.56 Å². The second-order valence-corrected chi connectivity index (χ2v) is 6.08. The number of halogens is 2. The second-order valence-electron chi connectivity index (χ2n) is 4.05. The lowest BCUT2D eigenvalue weighted by Crippen LogP contribution is -2.24. The molecule has 19 heavy (non-hydrogen) atoms. The molecule has 0 amide bonds. The van der Waals surface area contributed by atoms with E-state index in [1.54, 1.807) is 12.3 Å². The Morgan fingerprint density at radius 2 is 2.11 bits per heavy atom. The molecule has 0 N–H and O–H groups in total. The maximum absolute atomic E-state index is 11.9. The summed E-state index contributed by atoms with van der Waals surface area (Å²) < 4.78 is 5.19. The SMILES string of the molecule is CCc1nn(CC)c(Cn2ncc(I)cc2=O)c1Br. The summed E-state index contributed by atoms with van der Waals surface area (Å²) in [6.45, 7) is 5.29. The van der Waals surface area contributed by atoms with Crippen LogP contribution in [0, 0.1) is 3.57 Å². The highest BCUT2D eigenvalue weighted by molar-refractivity contribution is 14.1. The number of nitrogens with zero attached hydrogens (tertiary/aromatic N) is 4. The Kier molecular flexibility index (Phi) is 4.77. The van der Waals surface area contributed by atoms with Crippen LogP contribution in [0.25, 0.3) is 0 Å². The van der Waals surface area contributed by atoms with E-state index in [-0.39, 0.29) is 5.56 Å². The molecule has 0 saturated heterocycles. The Morgan fingerprint density at radius 1 is 1.37 bits per heavy atom. The van der Waals surface area contributed by atoms with Gasteiger partial charge in [-0.2, -0.15) is 10.2 Å². The lowest BCUT2D eigenvalue weighted by Gasteiger charge is -2.07. The van der Waals surface area contributed by atoms with E-state index in [2.05, 4.69) is 55.6 Å². The first-order valence-corrected chi connectivity index (χ1v) is 7.90. The summed E-state index contributed by atoms with van der Waals surface area (Å²) in [7, 11) is 0. The average molecular weight is 437 g/mol. The van der Waals surface area contributed by atoms with Crippen molar-refractivity contribution in [3.05, 3.63) is 42.0 Å². The van der Waals surface area contributed by atoms with Crippen molar-refractivity contribution >= 4 is 38.5 Å². The van der Waals surface area contributed by atoms with Crippen LogP contribution in [0.3, 0.4) is 0 Å². The quantitative estimate of drug-likeness (QED) is 0.691. The third kappa shape index (κ3) is 3.07. The minimum absolute atomic E-state index is 0.0966. The van der Waals surface area contributed by atoms with Crippen LogP contribution in [0.4, 0.5) is 0 Å². The zero-order chi connectivity index (χ0) is 14.0. The Hall–Kier alpha value is -0.700. The number of hydrogen-bond donors (Lipinski definition) is 0. The van der Waals surface area contributed by atoms with Gasteiger partial charge in [0.25, 0.3) is 5.56 Å². The largest absolute Gasteiger partial charge is 0.268 e. The van der Waals surface area contributed by atoms with Crippen LogP contribution in [0.5, 0.6) is 0 Å². The summed E-state index contributed by atoms with van der Waals surface area (Å²) >= 11 is 5.65. The van der Waals surface area contributed by atoms with Crippen molar-refractivity contribution in [3.8, 4) is 0 Å². The smallest absolute Gasteiger partial charge is 0.268 e. The molecule has 0 atom stereocenters. The topological polar surface area (TPSA) is 52.7 Å². The van der Waals surface area contributed by atoms with Crippen molar-refractivity contribution in [2.45, 2.75) is 33.4 Å². The summed E-state index contributed by atoms with van der Waals surface area (Å²) in [4.78, 5) is 11.9. The second kappa shape index (κ2) is 6.17. The van der Waals surface area contributed by atoms with E-state index in [4.69, 9.17) is 0 Å². The lowest BCUT2D eigenvalue weighted by molar-refractivity contribution is 0.556. The lowest BCUT2D eigenvalue weighted by atomic mass is 10.3. The molecule has 7 heteroatoms. The summed E-state index contributed by atoms with van der Waals surface area (Å²) in [6, 6.07) is 1.58. The van der Waals surface area contributed by atoms with Gasteiger partial charge < -0.3 is 0 Å². The fourth-order valence-corrected chi connectivity index (χ4v) is 2.92. The number of aromatic nitrogens is 4. The van der Waals surface area contributed by atoms with Crippen molar-refractivity contribution in [1.29, 1.82) is 0 Å². The molecule has 0 spiro atoms. The van der Waals surface area contributed by atoms with Crippen molar-refractivity contribution < 1.29 is 0 Å². The molecule has 0 saturated carbocycles. The molecule has 2 rings (SSSR count). The van der Waals surface area contributed by atoms with Crippen molar-refractivity contribution in [3.63, 3.8) is 0 Å². The van der Waals surface area contributed by atoms with Crippen molar-refractivity contribution in [2.75, 3.05) is 0 Å². The number of aryl methyl sites for hydroxylation is 2. The van der Waals surface area contributed by atoms with Gasteiger partial charge in [-0.05, 0) is 51.9 Å². The zero-order valence-corrected chi connectivity index (χ0v) is 14.5. The fraction of sp³-hybridized carbons (Fsp3) is 0.417. The first kappa shape index (κ1) is 14.7. The number of hydrogen-bond acceptors (Lipinski definition) is 3. The molecule has 0 aromatic carbocycles. The molecule has 0 aliphatic rings. The average Bonchev–Trinajstić information content (AvgIpc) is 2.69. The highest BCUT2D eigenvalue weighted by Crippen LogP contribution is 2.22. The van der Waals surface area contributed by atoms with Gasteiger partial charge in [0, 0.05) is 16.2 Å². The molecule has 2 aromatic heterocycles. The fourth-order valence-electron chi connectivity index (χ4n) is 1.84. The summed E-state index contributed by atoms with van der Waals surface area (Å²) in [5.74, 6) is 0. The van der Waals surface area contributed by atoms with Crippen molar-refractivity contribution in [1.82, 2.24) is 19.6 Å². The molecule has 0 aliphatic heterocycles. The maximum atomic E-state index is 11.9. The standard InChI is InChI=1S/C12H14BrIN4O/c1-3-9-12(13)10(17(4-2)16-9)7-18-11(19)5-8(14)6-15-18/h5-6H,3-4,7H2,1-2H3. The number of rotatable bonds is 4. The normalized spacial score (nSPS) is 10.9. The van der Waals surface area contributed by atoms with Crippen LogP contribution in [-0.2, 0) is 19.5 Å². The molecule has 2 heterocycles. The van der Waals surface area contributed by atoms with Gasteiger partial charge >= 0.3 is 0 Å². The van der Waals surface area contributed by atoms with Crippen LogP contribution in [0.15, 0.2) is 21.5 Å². The zero-order valence-electron chi connectivity index (χ0n) is 10.7. The van der Waals surface area contributed by atoms with E-state index in [0.29, 0.717) is 6.54 Å². The first-order chi connectivity index (χ1) is 9.06. The Labute approximate surface area is 133 Å². The molecule has 102 valence electrons. The van der Waals surface area contributed by atoms with E-state index in [0.717, 1.165) is 32.4 Å². The molecule has 0 aliphatic carbocycles. The summed E-state index contributed by atoms with van der Waals surface area (Å²) in [6.07, 6.45) is 2.54. The Balaban J connectivity index is 2.42. The van der Waals surface area contributed by atoms with Crippen LogP contribution >= 0.6 is 38.5 Å². The maximum Gasteiger partial charge on any atom is 0.268 e. The first-order valence-electron chi connectivity index (χ1n) is 6.03. The van der Waals surface area contributed by atoms with E-state index in [9.17, 15) is 4.79 Å². The van der Waals surface area contributed by atoms with Crippen LogP contribution in [0.2, 0.25) is 0 Å². The highest BCUT2D eigenvalue weighted by Gasteiger charge is 2.15. The summed E-state index contributed by atoms with van der Waals surface area (Å²) in [5.41, 5.74) is 1.89. The molecular weight excluding hydrogens is 423 g/mol. The molecule has 0 radical (unpaired) electrons. The monoisotopic (exact) mass is 436 g/mol. The van der Waals surface area contributed by atoms with Gasteiger partial charge in [0.15, 0.2) is 0 Å². The molecule has 0 unspecified atom stereocenters. The molecular formula is C12H14BrIN4O. The molecule has 2 aromatic rings. The van der Waals surface area contributed by atoms with E-state index in [1.807, 2.05) is 11.6 Å². The minimum Gasteiger partial charge on any atom is -0.268 e. The third-order valence-electron chi connectivity index (χ3n) is 2.83. The van der Waals surface area contributed by atoms with Gasteiger partial charge in [-0.1, -0.05) is 6.92 Å². The van der Waals surface area contributed by atoms with E-state index >= 15 is 0 Å². The Morgan fingerprint density at radius 3 is 2.68 bits per heavy atom. The van der Waals surface area contributed by atoms with E-state index < -0.39 is 0 Å². The van der Waals surface area contributed by atoms with E-state index in [1.165, 1.54) is 4.68 Å². The Bertz CT molecular complexity index is 650. The molecule has 0 bridgehead atoms. The predicted octanol–water partition coefficient (Wildman–Crippen LogP) is 2.44. The van der Waals surface area contributed by atoms with Gasteiger partial charge in [-0.15, -0.1) is 0 Å². The van der Waals surface area contributed by atoms with Gasteiger partial charge in [-0.3, -0.25) is 9.48 Å². The van der Waals surface area contributed by atoms with Gasteiger partial charge in [0.05, 0.1) is 28.6 Å². The molecule has 5 nitrogen and oxygen atoms in total. The van der Waals surface area contributed by atoms with Gasteiger partial charge in [-0.25, -0.2) is 4.68 Å². The van der Waals surface area contributed by atoms with Crippen LogP contribution in [0.1, 0.15) is 25.2 Å². The minimum atomic E-state index is -0.0966. The summed E-state index contributed by atoms with van der Waals surface area (Å²) in [5, 5.41) is 8.67. The van der Waals surface area contributed by atoms with Gasteiger partial charge in [0.1, 0.15) is 0 Å².